The molecule has 0 spiro atoms. The topological polar surface area (TPSA) is 80.3 Å². The Hall–Kier alpha value is -2.41. The maximum atomic E-state index is 11.9. The molecule has 0 aliphatic rings. The Morgan fingerprint density at radius 1 is 1.24 bits per heavy atom. The second-order valence-corrected chi connectivity index (χ2v) is 6.84. The Balaban J connectivity index is 1.73. The monoisotopic (exact) mass is 361 g/mol. The van der Waals surface area contributed by atoms with Gasteiger partial charge in [0.15, 0.2) is 17.4 Å². The standard InChI is InChI=1S/C18H23N3O3S/c1-13(2)8-9-19-16(22)11-24-17(23)15-12-25-18(21-15)20-10-14-6-4-3-5-7-14/h3-7,12-13H,8-11H2,1-2H3,(H,19,22)(H,20,21). The van der Waals surface area contributed by atoms with Crippen LogP contribution in [-0.2, 0) is 16.1 Å². The highest BCUT2D eigenvalue weighted by Crippen LogP contribution is 2.17. The van der Waals surface area contributed by atoms with Crippen molar-refractivity contribution >= 4 is 28.3 Å². The Kier molecular flexibility index (Phi) is 7.40. The number of thiazole rings is 1. The van der Waals surface area contributed by atoms with Crippen LogP contribution in [0.1, 0.15) is 36.3 Å². The third kappa shape index (κ3) is 6.93. The zero-order valence-corrected chi connectivity index (χ0v) is 15.3. The fourth-order valence-corrected chi connectivity index (χ4v) is 2.66. The summed E-state index contributed by atoms with van der Waals surface area (Å²) in [7, 11) is 0. The van der Waals surface area contributed by atoms with Crippen molar-refractivity contribution < 1.29 is 14.3 Å². The maximum absolute atomic E-state index is 11.9. The summed E-state index contributed by atoms with van der Waals surface area (Å²) in [5.41, 5.74) is 1.33. The molecule has 2 rings (SSSR count). The zero-order valence-electron chi connectivity index (χ0n) is 14.5. The van der Waals surface area contributed by atoms with Gasteiger partial charge < -0.3 is 15.4 Å². The van der Waals surface area contributed by atoms with Crippen LogP contribution in [-0.4, -0.2) is 30.0 Å². The molecule has 2 N–H and O–H groups in total. The average Bonchev–Trinajstić information content (AvgIpc) is 3.07. The van der Waals surface area contributed by atoms with Crippen LogP contribution in [0.25, 0.3) is 0 Å². The van der Waals surface area contributed by atoms with Crippen molar-refractivity contribution in [3.05, 3.63) is 47.0 Å². The van der Waals surface area contributed by atoms with Gasteiger partial charge in [-0.3, -0.25) is 4.79 Å². The smallest absolute Gasteiger partial charge is 0.358 e. The van der Waals surface area contributed by atoms with Gasteiger partial charge in [0.2, 0.25) is 0 Å². The molecule has 1 heterocycles. The lowest BCUT2D eigenvalue weighted by Crippen LogP contribution is -2.30. The Morgan fingerprint density at radius 3 is 2.72 bits per heavy atom. The Morgan fingerprint density at radius 2 is 2.00 bits per heavy atom. The van der Waals surface area contributed by atoms with Crippen molar-refractivity contribution in [1.82, 2.24) is 10.3 Å². The number of anilines is 1. The largest absolute Gasteiger partial charge is 0.451 e. The molecule has 7 heteroatoms. The van der Waals surface area contributed by atoms with Gasteiger partial charge in [-0.1, -0.05) is 44.2 Å². The second kappa shape index (κ2) is 9.78. The van der Waals surface area contributed by atoms with E-state index >= 15 is 0 Å². The maximum Gasteiger partial charge on any atom is 0.358 e. The molecule has 0 saturated heterocycles. The number of aromatic nitrogens is 1. The second-order valence-electron chi connectivity index (χ2n) is 5.99. The number of hydrogen-bond donors (Lipinski definition) is 2. The minimum Gasteiger partial charge on any atom is -0.451 e. The van der Waals surface area contributed by atoms with Crippen LogP contribution in [0, 0.1) is 5.92 Å². The van der Waals surface area contributed by atoms with E-state index in [-0.39, 0.29) is 18.2 Å². The van der Waals surface area contributed by atoms with Crippen molar-refractivity contribution in [3.63, 3.8) is 0 Å². The summed E-state index contributed by atoms with van der Waals surface area (Å²) < 4.78 is 4.99. The first-order chi connectivity index (χ1) is 12.0. The molecule has 6 nitrogen and oxygen atoms in total. The SMILES string of the molecule is CC(C)CCNC(=O)COC(=O)c1csc(NCc2ccccc2)n1. The fourth-order valence-electron chi connectivity index (χ4n) is 1.98. The van der Waals surface area contributed by atoms with Crippen molar-refractivity contribution in [2.75, 3.05) is 18.5 Å². The van der Waals surface area contributed by atoms with E-state index in [9.17, 15) is 9.59 Å². The molecule has 25 heavy (non-hydrogen) atoms. The molecular formula is C18H23N3O3S. The molecule has 134 valence electrons. The van der Waals surface area contributed by atoms with Gasteiger partial charge in [-0.2, -0.15) is 0 Å². The highest BCUT2D eigenvalue weighted by Gasteiger charge is 2.14. The number of nitrogens with zero attached hydrogens (tertiary/aromatic N) is 1. The number of esters is 1. The number of carbonyl (C=O) groups is 2. The number of nitrogens with one attached hydrogen (secondary N) is 2. The van der Waals surface area contributed by atoms with E-state index in [1.807, 2.05) is 30.3 Å². The van der Waals surface area contributed by atoms with Gasteiger partial charge in [0.25, 0.3) is 5.91 Å². The van der Waals surface area contributed by atoms with Crippen LogP contribution >= 0.6 is 11.3 Å². The first kappa shape index (κ1) is 18.9. The highest BCUT2D eigenvalue weighted by molar-refractivity contribution is 7.13. The zero-order chi connectivity index (χ0) is 18.1. The number of ether oxygens (including phenoxy) is 1. The van der Waals surface area contributed by atoms with Gasteiger partial charge in [-0.05, 0) is 17.9 Å². The number of carbonyl (C=O) groups excluding carboxylic acids is 2. The van der Waals surface area contributed by atoms with E-state index in [2.05, 4.69) is 29.5 Å². The van der Waals surface area contributed by atoms with E-state index in [4.69, 9.17) is 4.74 Å². The van der Waals surface area contributed by atoms with Gasteiger partial charge in [0.05, 0.1) is 0 Å². The molecule has 0 aliphatic heterocycles. The fraction of sp³-hybridized carbons (Fsp3) is 0.389. The van der Waals surface area contributed by atoms with Gasteiger partial charge >= 0.3 is 5.97 Å². The van der Waals surface area contributed by atoms with Crippen LogP contribution < -0.4 is 10.6 Å². The number of hydrogen-bond acceptors (Lipinski definition) is 6. The van der Waals surface area contributed by atoms with Gasteiger partial charge in [0.1, 0.15) is 0 Å². The molecule has 0 bridgehead atoms. The summed E-state index contributed by atoms with van der Waals surface area (Å²) in [6, 6.07) is 9.91. The first-order valence-corrected chi connectivity index (χ1v) is 9.09. The van der Waals surface area contributed by atoms with E-state index in [1.54, 1.807) is 5.38 Å². The lowest BCUT2D eigenvalue weighted by Gasteiger charge is -2.07. The lowest BCUT2D eigenvalue weighted by molar-refractivity contribution is -0.124. The molecule has 1 aromatic heterocycles. The van der Waals surface area contributed by atoms with Gasteiger partial charge in [-0.25, -0.2) is 9.78 Å². The summed E-state index contributed by atoms with van der Waals surface area (Å²) in [6.45, 7) is 5.08. The molecule has 0 radical (unpaired) electrons. The van der Waals surface area contributed by atoms with Crippen molar-refractivity contribution in [1.29, 1.82) is 0 Å². The summed E-state index contributed by atoms with van der Waals surface area (Å²) in [5.74, 6) is -0.380. The van der Waals surface area contributed by atoms with E-state index in [0.29, 0.717) is 24.1 Å². The Labute approximate surface area is 151 Å². The predicted molar refractivity (Wildman–Crippen MR) is 98.6 cm³/mol. The summed E-state index contributed by atoms with van der Waals surface area (Å²) in [6.07, 6.45) is 0.891. The van der Waals surface area contributed by atoms with E-state index in [0.717, 1.165) is 12.0 Å². The average molecular weight is 361 g/mol. The molecule has 0 aliphatic carbocycles. The molecule has 1 amide bonds. The van der Waals surface area contributed by atoms with E-state index < -0.39 is 5.97 Å². The molecule has 0 saturated carbocycles. The van der Waals surface area contributed by atoms with Crippen molar-refractivity contribution in [3.8, 4) is 0 Å². The summed E-state index contributed by atoms with van der Waals surface area (Å²) >= 11 is 1.32. The van der Waals surface area contributed by atoms with Crippen LogP contribution in [0.15, 0.2) is 35.7 Å². The van der Waals surface area contributed by atoms with Crippen LogP contribution in [0.4, 0.5) is 5.13 Å². The Bertz CT molecular complexity index is 686. The summed E-state index contributed by atoms with van der Waals surface area (Å²) in [5, 5.41) is 8.13. The molecule has 0 fully saturated rings. The molecule has 1 aromatic carbocycles. The van der Waals surface area contributed by atoms with Crippen molar-refractivity contribution in [2.24, 2.45) is 5.92 Å². The third-order valence-electron chi connectivity index (χ3n) is 3.38. The minimum atomic E-state index is -0.594. The van der Waals surface area contributed by atoms with Crippen LogP contribution in [0.2, 0.25) is 0 Å². The normalized spacial score (nSPS) is 10.5. The third-order valence-corrected chi connectivity index (χ3v) is 4.18. The van der Waals surface area contributed by atoms with Gasteiger partial charge in [-0.15, -0.1) is 11.3 Å². The highest BCUT2D eigenvalue weighted by atomic mass is 32.1. The number of amides is 1. The first-order valence-electron chi connectivity index (χ1n) is 8.21. The molecule has 0 unspecified atom stereocenters. The van der Waals surface area contributed by atoms with Gasteiger partial charge in [0, 0.05) is 18.5 Å². The number of benzene rings is 1. The van der Waals surface area contributed by atoms with Crippen molar-refractivity contribution in [2.45, 2.75) is 26.8 Å². The lowest BCUT2D eigenvalue weighted by atomic mass is 10.1. The van der Waals surface area contributed by atoms with E-state index in [1.165, 1.54) is 11.3 Å². The molecular weight excluding hydrogens is 338 g/mol. The van der Waals surface area contributed by atoms with Crippen LogP contribution in [0.5, 0.6) is 0 Å². The predicted octanol–water partition coefficient (Wildman–Crippen LogP) is 3.07. The molecule has 2 aromatic rings. The van der Waals surface area contributed by atoms with Crippen LogP contribution in [0.3, 0.4) is 0 Å². The number of rotatable bonds is 9. The minimum absolute atomic E-state index is 0.204. The molecule has 0 atom stereocenters. The quantitative estimate of drug-likeness (QED) is 0.671. The summed E-state index contributed by atoms with van der Waals surface area (Å²) in [4.78, 5) is 27.7.